The molecule has 1 N–H and O–H groups in total. The molecule has 2 aliphatic heterocycles. The molecule has 232 valence electrons. The number of fused-ring (bicyclic) bond motifs is 2. The molecule has 0 radical (unpaired) electrons. The highest BCUT2D eigenvalue weighted by Crippen LogP contribution is 2.29. The van der Waals surface area contributed by atoms with Crippen LogP contribution in [-0.2, 0) is 22.6 Å². The van der Waals surface area contributed by atoms with Crippen molar-refractivity contribution < 1.29 is 23.9 Å². The number of amides is 3. The summed E-state index contributed by atoms with van der Waals surface area (Å²) in [6.45, 7) is 19.7. The van der Waals surface area contributed by atoms with E-state index in [4.69, 9.17) is 4.74 Å². The molecular weight excluding hydrogens is 544 g/mol. The Balaban J connectivity index is 0.000000242. The van der Waals surface area contributed by atoms with Crippen molar-refractivity contribution in [3.63, 3.8) is 0 Å². The van der Waals surface area contributed by atoms with Crippen molar-refractivity contribution in [3.8, 4) is 0 Å². The van der Waals surface area contributed by atoms with Crippen LogP contribution in [0.3, 0.4) is 0 Å². The van der Waals surface area contributed by atoms with E-state index in [0.717, 1.165) is 22.3 Å². The average molecular weight is 591 g/mol. The first-order valence-corrected chi connectivity index (χ1v) is 14.7. The van der Waals surface area contributed by atoms with Crippen LogP contribution in [-0.4, -0.2) is 64.6 Å². The van der Waals surface area contributed by atoms with Crippen LogP contribution in [0.15, 0.2) is 53.5 Å². The number of rotatable bonds is 6. The van der Waals surface area contributed by atoms with E-state index in [1.807, 2.05) is 111 Å². The van der Waals surface area contributed by atoms with Crippen molar-refractivity contribution in [2.45, 2.75) is 93.1 Å². The zero-order valence-electron chi connectivity index (χ0n) is 27.0. The molecule has 3 amide bonds. The molecule has 9 heteroatoms. The van der Waals surface area contributed by atoms with E-state index in [2.05, 4.69) is 10.3 Å². The van der Waals surface area contributed by atoms with Crippen molar-refractivity contribution in [1.29, 1.82) is 0 Å². The highest BCUT2D eigenvalue weighted by Gasteiger charge is 2.35. The number of hydrogen-bond acceptors (Lipinski definition) is 6. The summed E-state index contributed by atoms with van der Waals surface area (Å²) in [5, 5.41) is 2.93. The molecule has 0 fully saturated rings. The summed E-state index contributed by atoms with van der Waals surface area (Å²) in [4.78, 5) is 54.9. The van der Waals surface area contributed by atoms with Gasteiger partial charge in [0.05, 0.1) is 12.1 Å². The van der Waals surface area contributed by atoms with E-state index in [9.17, 15) is 19.2 Å². The van der Waals surface area contributed by atoms with Crippen molar-refractivity contribution in [2.75, 3.05) is 13.1 Å². The number of alkyl carbamates (subject to hydrolysis) is 1. The number of ether oxygens (including phenoxy) is 1. The van der Waals surface area contributed by atoms with Crippen LogP contribution in [0.2, 0.25) is 0 Å². The third kappa shape index (κ3) is 9.01. The Morgan fingerprint density at radius 1 is 0.814 bits per heavy atom. The molecule has 2 atom stereocenters. The van der Waals surface area contributed by atoms with Gasteiger partial charge >= 0.3 is 6.09 Å². The molecule has 2 aromatic carbocycles. The maximum Gasteiger partial charge on any atom is 0.407 e. The van der Waals surface area contributed by atoms with Crippen molar-refractivity contribution in [3.05, 3.63) is 70.8 Å². The smallest absolute Gasteiger partial charge is 0.407 e. The minimum atomic E-state index is -0.549. The summed E-state index contributed by atoms with van der Waals surface area (Å²) in [5.41, 5.74) is 2.65. The fourth-order valence-electron chi connectivity index (χ4n) is 4.91. The highest BCUT2D eigenvalue weighted by molar-refractivity contribution is 5.98. The molecule has 2 aromatic rings. The molecular formula is C34H46N4O5. The van der Waals surface area contributed by atoms with Gasteiger partial charge in [-0.15, -0.1) is 0 Å². The van der Waals surface area contributed by atoms with Gasteiger partial charge in [0.25, 0.3) is 11.8 Å². The van der Waals surface area contributed by atoms with Gasteiger partial charge in [-0.1, -0.05) is 77.9 Å². The molecule has 0 unspecified atom stereocenters. The lowest BCUT2D eigenvalue weighted by molar-refractivity contribution is 0.0423. The summed E-state index contributed by atoms with van der Waals surface area (Å²) >= 11 is 0. The zero-order chi connectivity index (χ0) is 32.2. The Morgan fingerprint density at radius 2 is 1.28 bits per heavy atom. The Hall–Kier alpha value is -3.97. The molecule has 0 saturated carbocycles. The highest BCUT2D eigenvalue weighted by atomic mass is 16.6. The van der Waals surface area contributed by atoms with Gasteiger partial charge in [0.15, 0.2) is 0 Å². The second-order valence-corrected chi connectivity index (χ2v) is 14.4. The summed E-state index contributed by atoms with van der Waals surface area (Å²) in [5.74, 6) is 0.0387. The van der Waals surface area contributed by atoms with Gasteiger partial charge in [-0.25, -0.2) is 14.6 Å². The predicted molar refractivity (Wildman–Crippen MR) is 166 cm³/mol. The Labute approximate surface area is 255 Å². The molecule has 2 heterocycles. The van der Waals surface area contributed by atoms with E-state index in [0.29, 0.717) is 26.2 Å². The van der Waals surface area contributed by atoms with Gasteiger partial charge in [0.2, 0.25) is 6.08 Å². The summed E-state index contributed by atoms with van der Waals surface area (Å²) in [6.07, 6.45) is 1.17. The average Bonchev–Trinajstić information content (AvgIpc) is 3.38. The Morgan fingerprint density at radius 3 is 1.67 bits per heavy atom. The second kappa shape index (κ2) is 13.1. The first kappa shape index (κ1) is 33.5. The lowest BCUT2D eigenvalue weighted by Crippen LogP contribution is -2.51. The van der Waals surface area contributed by atoms with Crippen molar-refractivity contribution in [1.82, 2.24) is 15.1 Å². The van der Waals surface area contributed by atoms with Gasteiger partial charge in [0.1, 0.15) is 5.60 Å². The maximum atomic E-state index is 12.6. The van der Waals surface area contributed by atoms with E-state index < -0.39 is 11.7 Å². The Bertz CT molecular complexity index is 1380. The molecule has 0 spiro atoms. The largest absolute Gasteiger partial charge is 0.444 e. The molecule has 0 aromatic heterocycles. The van der Waals surface area contributed by atoms with Crippen LogP contribution >= 0.6 is 0 Å². The number of carbonyl (C=O) groups is 3. The number of nitrogens with one attached hydrogen (secondary N) is 1. The molecule has 0 bridgehead atoms. The first-order valence-electron chi connectivity index (χ1n) is 14.7. The van der Waals surface area contributed by atoms with Gasteiger partial charge in [-0.2, -0.15) is 0 Å². The number of carbonyl (C=O) groups excluding carboxylic acids is 4. The SMILES string of the molecule is CC(C)(C)OC(=O)N[C@H](CN1Cc2ccccc2C1=O)C(C)(C)C.CC(C)(C)[C@@H](CN1Cc2ccccc2C1=O)N=C=O. The lowest BCUT2D eigenvalue weighted by Gasteiger charge is -2.35. The van der Waals surface area contributed by atoms with E-state index in [1.165, 1.54) is 0 Å². The third-order valence-corrected chi connectivity index (χ3v) is 7.53. The van der Waals surface area contributed by atoms with Gasteiger partial charge in [-0.3, -0.25) is 9.59 Å². The van der Waals surface area contributed by atoms with Gasteiger partial charge < -0.3 is 19.9 Å². The maximum absolute atomic E-state index is 12.6. The quantitative estimate of drug-likeness (QED) is 0.329. The zero-order valence-corrected chi connectivity index (χ0v) is 27.0. The molecule has 0 saturated heterocycles. The summed E-state index contributed by atoms with van der Waals surface area (Å²) in [7, 11) is 0. The van der Waals surface area contributed by atoms with Crippen LogP contribution in [0.25, 0.3) is 0 Å². The number of hydrogen-bond donors (Lipinski definition) is 1. The van der Waals surface area contributed by atoms with E-state index >= 15 is 0 Å². The van der Waals surface area contributed by atoms with Crippen LogP contribution in [0.5, 0.6) is 0 Å². The fourth-order valence-corrected chi connectivity index (χ4v) is 4.91. The molecule has 9 nitrogen and oxygen atoms in total. The van der Waals surface area contributed by atoms with E-state index in [-0.39, 0.29) is 34.7 Å². The fraction of sp³-hybridized carbons (Fsp3) is 0.529. The van der Waals surface area contributed by atoms with Gasteiger partial charge in [-0.05, 0) is 54.9 Å². The topological polar surface area (TPSA) is 108 Å². The number of nitrogens with zero attached hydrogens (tertiary/aromatic N) is 3. The monoisotopic (exact) mass is 590 g/mol. The molecule has 0 aliphatic carbocycles. The summed E-state index contributed by atoms with van der Waals surface area (Å²) in [6, 6.07) is 14.8. The van der Waals surface area contributed by atoms with Crippen molar-refractivity contribution >= 4 is 24.0 Å². The lowest BCUT2D eigenvalue weighted by atomic mass is 9.86. The van der Waals surface area contributed by atoms with Crippen molar-refractivity contribution in [2.24, 2.45) is 15.8 Å². The predicted octanol–water partition coefficient (Wildman–Crippen LogP) is 5.97. The van der Waals surface area contributed by atoms with Crippen LogP contribution in [0.1, 0.15) is 94.2 Å². The summed E-state index contributed by atoms with van der Waals surface area (Å²) < 4.78 is 5.36. The van der Waals surface area contributed by atoms with Crippen LogP contribution in [0, 0.1) is 10.8 Å². The Kier molecular flexibility index (Phi) is 10.2. The second-order valence-electron chi connectivity index (χ2n) is 14.4. The number of benzene rings is 2. The molecule has 2 aliphatic rings. The standard InChI is InChI=1S/C19H28N2O3.C15H18N2O2/c1-18(2,3)15(20-17(23)24-19(4,5)6)12-21-11-13-9-7-8-10-14(13)16(21)22;1-15(2,3)13(16-10-18)9-17-8-11-6-4-5-7-12(11)14(17)19/h7-10,15H,11-12H2,1-6H3,(H,20,23);4-7,13H,8-9H2,1-3H3/t15-;13-/m11/s1. The number of isocyanates is 1. The van der Waals surface area contributed by atoms with Crippen LogP contribution in [0.4, 0.5) is 4.79 Å². The normalized spacial score (nSPS) is 15.9. The molecule has 43 heavy (non-hydrogen) atoms. The van der Waals surface area contributed by atoms with Crippen LogP contribution < -0.4 is 5.32 Å². The van der Waals surface area contributed by atoms with Gasteiger partial charge in [0, 0.05) is 37.3 Å². The van der Waals surface area contributed by atoms with E-state index in [1.54, 1.807) is 15.9 Å². The minimum absolute atomic E-state index is 0.0193. The molecule has 4 rings (SSSR count). The number of aliphatic imine (C=N–C) groups is 1. The third-order valence-electron chi connectivity index (χ3n) is 7.53. The minimum Gasteiger partial charge on any atom is -0.444 e. The first-order chi connectivity index (χ1) is 19.9.